The summed E-state index contributed by atoms with van der Waals surface area (Å²) >= 11 is 0. The molecule has 6 heteroatoms. The number of hydrogen-bond donors (Lipinski definition) is 0. The molecule has 6 nitrogen and oxygen atoms in total. The molecule has 3 aromatic rings. The molecule has 0 saturated carbocycles. The van der Waals surface area contributed by atoms with Crippen LogP contribution in [-0.2, 0) is 5.41 Å². The third-order valence-electron chi connectivity index (χ3n) is 6.81. The van der Waals surface area contributed by atoms with E-state index >= 15 is 0 Å². The maximum atomic E-state index is 11.4. The molecule has 1 spiro atoms. The van der Waals surface area contributed by atoms with Gasteiger partial charge in [0.25, 0.3) is 5.69 Å². The molecule has 34 heavy (non-hydrogen) atoms. The minimum atomic E-state index is -0.839. The Balaban J connectivity index is 1.61. The lowest BCUT2D eigenvalue weighted by Gasteiger charge is -2.47. The normalized spacial score (nSPS) is 19.7. The van der Waals surface area contributed by atoms with Gasteiger partial charge >= 0.3 is 0 Å². The van der Waals surface area contributed by atoms with Crippen LogP contribution in [0.3, 0.4) is 0 Å². The average molecular weight is 455 g/mol. The molecule has 0 aromatic heterocycles. The molecule has 1 atom stereocenters. The number of rotatable bonds is 5. The van der Waals surface area contributed by atoms with Crippen LogP contribution in [0, 0.1) is 10.1 Å². The van der Waals surface area contributed by atoms with Crippen LogP contribution in [0.2, 0.25) is 0 Å². The van der Waals surface area contributed by atoms with Crippen molar-refractivity contribution in [1.29, 1.82) is 0 Å². The highest BCUT2D eigenvalue weighted by Gasteiger charge is 2.58. The third-order valence-corrected chi connectivity index (χ3v) is 6.81. The number of nitro groups is 1. The Morgan fingerprint density at radius 1 is 1.09 bits per heavy atom. The third kappa shape index (κ3) is 3.25. The van der Waals surface area contributed by atoms with Gasteiger partial charge in [0.1, 0.15) is 0 Å². The second kappa shape index (κ2) is 8.06. The van der Waals surface area contributed by atoms with Crippen LogP contribution in [0.1, 0.15) is 30.5 Å². The van der Waals surface area contributed by atoms with Crippen molar-refractivity contribution in [3.63, 3.8) is 0 Å². The fraction of sp³-hybridized carbons (Fsp3) is 0.214. The van der Waals surface area contributed by atoms with Gasteiger partial charge in [0.2, 0.25) is 5.72 Å². The number of benzene rings is 3. The fourth-order valence-corrected chi connectivity index (χ4v) is 5.01. The second-order valence-corrected chi connectivity index (χ2v) is 9.02. The summed E-state index contributed by atoms with van der Waals surface area (Å²) in [5.41, 5.74) is 2.75. The van der Waals surface area contributed by atoms with Crippen molar-refractivity contribution < 1.29 is 14.4 Å². The van der Waals surface area contributed by atoms with Crippen molar-refractivity contribution >= 4 is 23.5 Å². The first-order valence-corrected chi connectivity index (χ1v) is 11.2. The molecule has 2 aliphatic heterocycles. The molecule has 172 valence electrons. The van der Waals surface area contributed by atoms with Crippen LogP contribution in [0.4, 0.5) is 11.4 Å². The van der Waals surface area contributed by atoms with Gasteiger partial charge in [0.15, 0.2) is 11.5 Å². The van der Waals surface area contributed by atoms with Gasteiger partial charge in [0.05, 0.1) is 23.5 Å². The van der Waals surface area contributed by atoms with Gasteiger partial charge in [0, 0.05) is 23.9 Å². The number of ether oxygens (including phenoxy) is 2. The van der Waals surface area contributed by atoms with Crippen molar-refractivity contribution in [2.45, 2.75) is 25.0 Å². The molecule has 0 amide bonds. The van der Waals surface area contributed by atoms with Gasteiger partial charge in [-0.05, 0) is 43.2 Å². The molecule has 2 aliphatic rings. The highest BCUT2D eigenvalue weighted by atomic mass is 16.6. The van der Waals surface area contributed by atoms with E-state index in [2.05, 4.69) is 55.2 Å². The van der Waals surface area contributed by atoms with E-state index in [4.69, 9.17) is 9.47 Å². The van der Waals surface area contributed by atoms with Crippen molar-refractivity contribution in [2.24, 2.45) is 0 Å². The summed E-state index contributed by atoms with van der Waals surface area (Å²) in [4.78, 5) is 13.2. The highest BCUT2D eigenvalue weighted by Crippen LogP contribution is 2.56. The average Bonchev–Trinajstić information content (AvgIpc) is 3.02. The summed E-state index contributed by atoms with van der Waals surface area (Å²) in [7, 11) is 1.50. The van der Waals surface area contributed by atoms with Crippen LogP contribution < -0.4 is 14.4 Å². The molecule has 5 rings (SSSR count). The first-order valence-electron chi connectivity index (χ1n) is 11.2. The van der Waals surface area contributed by atoms with Gasteiger partial charge in [-0.3, -0.25) is 10.1 Å². The highest BCUT2D eigenvalue weighted by molar-refractivity contribution is 5.75. The lowest BCUT2D eigenvalue weighted by Crippen LogP contribution is -2.59. The molecular formula is C28H26N2O4. The Bertz CT molecular complexity index is 1310. The quantitative estimate of drug-likeness (QED) is 0.338. The van der Waals surface area contributed by atoms with Crippen LogP contribution >= 0.6 is 0 Å². The van der Waals surface area contributed by atoms with Crippen molar-refractivity contribution in [1.82, 2.24) is 0 Å². The van der Waals surface area contributed by atoms with E-state index in [9.17, 15) is 10.1 Å². The summed E-state index contributed by atoms with van der Waals surface area (Å²) in [5, 5.41) is 11.4. The number of non-ortho nitro benzene ring substituents is 1. The molecule has 3 aromatic carbocycles. The van der Waals surface area contributed by atoms with E-state index in [1.807, 2.05) is 42.5 Å². The van der Waals surface area contributed by atoms with E-state index in [0.717, 1.165) is 11.3 Å². The maximum Gasteiger partial charge on any atom is 0.274 e. The second-order valence-electron chi connectivity index (χ2n) is 9.02. The SMILES string of the molecule is COc1cc([N+](=O)[O-])cc2c1OC1(C=C2)N(CC=Cc2ccccc2)c2ccccc2C1(C)C. The summed E-state index contributed by atoms with van der Waals surface area (Å²) in [6.07, 6.45) is 8.17. The van der Waals surface area contributed by atoms with E-state index in [1.54, 1.807) is 0 Å². The molecule has 0 fully saturated rings. The summed E-state index contributed by atoms with van der Waals surface area (Å²) in [6.45, 7) is 4.95. The molecule has 1 unspecified atom stereocenters. The molecule has 0 radical (unpaired) electrons. The van der Waals surface area contributed by atoms with Crippen LogP contribution in [-0.4, -0.2) is 24.3 Å². The lowest BCUT2D eigenvalue weighted by molar-refractivity contribution is -0.385. The minimum absolute atomic E-state index is 0.0311. The predicted molar refractivity (Wildman–Crippen MR) is 134 cm³/mol. The zero-order chi connectivity index (χ0) is 23.9. The zero-order valence-corrected chi connectivity index (χ0v) is 19.4. The summed E-state index contributed by atoms with van der Waals surface area (Å²) in [6, 6.07) is 21.4. The molecule has 0 saturated heterocycles. The molecule has 0 N–H and O–H groups in total. The number of fused-ring (bicyclic) bond motifs is 2. The Labute approximate surface area is 198 Å². The van der Waals surface area contributed by atoms with Crippen molar-refractivity contribution in [3.8, 4) is 11.5 Å². The van der Waals surface area contributed by atoms with Gasteiger partial charge < -0.3 is 14.4 Å². The molecule has 2 heterocycles. The number of nitrogens with zero attached hydrogens (tertiary/aromatic N) is 2. The predicted octanol–water partition coefficient (Wildman–Crippen LogP) is 6.22. The topological polar surface area (TPSA) is 64.8 Å². The monoisotopic (exact) mass is 454 g/mol. The first-order chi connectivity index (χ1) is 16.4. The number of methoxy groups -OCH3 is 1. The van der Waals surface area contributed by atoms with Gasteiger partial charge in [-0.25, -0.2) is 0 Å². The number of nitro benzene ring substituents is 1. The standard InChI is InChI=1S/C28H26N2O4/c1-27(2)23-13-7-8-14-24(23)29(17-9-12-20-10-5-4-6-11-20)28(27)16-15-21-18-22(30(31)32)19-25(33-3)26(21)34-28/h4-16,18-19H,17H2,1-3H3. The Morgan fingerprint density at radius 3 is 2.56 bits per heavy atom. The van der Waals surface area contributed by atoms with Crippen LogP contribution in [0.5, 0.6) is 11.5 Å². The smallest absolute Gasteiger partial charge is 0.274 e. The van der Waals surface area contributed by atoms with E-state index in [-0.39, 0.29) is 5.69 Å². The number of hydrogen-bond acceptors (Lipinski definition) is 5. The fourth-order valence-electron chi connectivity index (χ4n) is 5.01. The van der Waals surface area contributed by atoms with E-state index < -0.39 is 16.1 Å². The molecular weight excluding hydrogens is 428 g/mol. The first kappa shape index (κ1) is 21.8. The number of para-hydroxylation sites is 1. The Kier molecular flexibility index (Phi) is 5.16. The van der Waals surface area contributed by atoms with Crippen molar-refractivity contribution in [3.05, 3.63) is 106 Å². The van der Waals surface area contributed by atoms with Gasteiger partial charge in [-0.2, -0.15) is 0 Å². The summed E-state index contributed by atoms with van der Waals surface area (Å²) in [5.74, 6) is 0.855. The van der Waals surface area contributed by atoms with Gasteiger partial charge in [-0.1, -0.05) is 60.7 Å². The Morgan fingerprint density at radius 2 is 1.82 bits per heavy atom. The maximum absolute atomic E-state index is 11.4. The molecule has 0 aliphatic carbocycles. The van der Waals surface area contributed by atoms with E-state index in [0.29, 0.717) is 23.6 Å². The zero-order valence-electron chi connectivity index (χ0n) is 19.4. The minimum Gasteiger partial charge on any atom is -0.493 e. The van der Waals surface area contributed by atoms with E-state index in [1.165, 1.54) is 24.8 Å². The van der Waals surface area contributed by atoms with Crippen LogP contribution in [0.25, 0.3) is 12.2 Å². The lowest BCUT2D eigenvalue weighted by atomic mass is 9.76. The largest absolute Gasteiger partial charge is 0.493 e. The van der Waals surface area contributed by atoms with Gasteiger partial charge in [-0.15, -0.1) is 0 Å². The summed E-state index contributed by atoms with van der Waals surface area (Å²) < 4.78 is 12.3. The number of anilines is 1. The van der Waals surface area contributed by atoms with Crippen molar-refractivity contribution in [2.75, 3.05) is 18.6 Å². The molecule has 0 bridgehead atoms. The van der Waals surface area contributed by atoms with Crippen LogP contribution in [0.15, 0.2) is 78.9 Å². The Hall–Kier alpha value is -4.06.